The van der Waals surface area contributed by atoms with Crippen LogP contribution in [0.3, 0.4) is 0 Å². The Bertz CT molecular complexity index is 342. The first kappa shape index (κ1) is 14.5. The lowest BCUT2D eigenvalue weighted by Crippen LogP contribution is -2.53. The van der Waals surface area contributed by atoms with Crippen molar-refractivity contribution >= 4 is 0 Å². The van der Waals surface area contributed by atoms with Crippen molar-refractivity contribution in [2.24, 2.45) is 34.8 Å². The smallest absolute Gasteiger partial charge is 0.0133 e. The first-order valence-corrected chi connectivity index (χ1v) is 9.58. The van der Waals surface area contributed by atoms with Crippen LogP contribution in [-0.2, 0) is 0 Å². The number of hydrogen-bond donors (Lipinski definition) is 1. The average molecular weight is 290 g/mol. The Morgan fingerprint density at radius 3 is 2.10 bits per heavy atom. The molecule has 2 unspecified atom stereocenters. The van der Waals surface area contributed by atoms with Crippen LogP contribution in [0.5, 0.6) is 0 Å². The van der Waals surface area contributed by atoms with Gasteiger partial charge < -0.3 is 10.6 Å². The van der Waals surface area contributed by atoms with Gasteiger partial charge in [0.2, 0.25) is 0 Å². The minimum atomic E-state index is 0.695. The quantitative estimate of drug-likeness (QED) is 0.856. The van der Waals surface area contributed by atoms with E-state index in [-0.39, 0.29) is 0 Å². The SMILES string of the molecule is CN(CC12CC3CC(CC(C3)C1)C2)C1CCCCC1CN. The van der Waals surface area contributed by atoms with Crippen LogP contribution in [0.15, 0.2) is 0 Å². The van der Waals surface area contributed by atoms with Crippen LogP contribution in [0.4, 0.5) is 0 Å². The summed E-state index contributed by atoms with van der Waals surface area (Å²) in [5, 5.41) is 0. The molecule has 0 aliphatic heterocycles. The maximum Gasteiger partial charge on any atom is 0.0133 e. The minimum Gasteiger partial charge on any atom is -0.330 e. The van der Waals surface area contributed by atoms with Gasteiger partial charge in [-0.05, 0) is 94.0 Å². The van der Waals surface area contributed by atoms with Crippen molar-refractivity contribution in [1.29, 1.82) is 0 Å². The van der Waals surface area contributed by atoms with Gasteiger partial charge in [0.15, 0.2) is 0 Å². The Balaban J connectivity index is 1.45. The fourth-order valence-corrected chi connectivity index (χ4v) is 7.17. The van der Waals surface area contributed by atoms with E-state index in [4.69, 9.17) is 5.73 Å². The molecule has 4 bridgehead atoms. The van der Waals surface area contributed by atoms with Gasteiger partial charge in [0, 0.05) is 12.6 Å². The standard InChI is InChI=1S/C19H34N2/c1-21(18-5-3-2-4-17(18)12-20)13-19-9-14-6-15(10-19)8-16(7-14)11-19/h14-18H,2-13,20H2,1H3. The van der Waals surface area contributed by atoms with Crippen molar-refractivity contribution in [2.75, 3.05) is 20.1 Å². The highest BCUT2D eigenvalue weighted by Gasteiger charge is 2.51. The lowest BCUT2D eigenvalue weighted by Gasteiger charge is -2.58. The van der Waals surface area contributed by atoms with Crippen LogP contribution < -0.4 is 5.73 Å². The van der Waals surface area contributed by atoms with E-state index < -0.39 is 0 Å². The fourth-order valence-electron chi connectivity index (χ4n) is 7.17. The number of nitrogens with two attached hydrogens (primary N) is 1. The Kier molecular flexibility index (Phi) is 3.82. The van der Waals surface area contributed by atoms with Gasteiger partial charge in [-0.25, -0.2) is 0 Å². The van der Waals surface area contributed by atoms with Crippen molar-refractivity contribution in [3.05, 3.63) is 0 Å². The molecule has 0 aromatic rings. The Labute approximate surface area is 130 Å². The zero-order valence-corrected chi connectivity index (χ0v) is 13.9. The Morgan fingerprint density at radius 1 is 0.952 bits per heavy atom. The second-order valence-corrected chi connectivity index (χ2v) is 9.18. The Morgan fingerprint density at radius 2 is 1.52 bits per heavy atom. The van der Waals surface area contributed by atoms with Crippen LogP contribution in [0.2, 0.25) is 0 Å². The normalized spacial score (nSPS) is 49.0. The molecule has 5 saturated carbocycles. The molecule has 5 aliphatic rings. The third-order valence-electron chi connectivity index (χ3n) is 7.49. The van der Waals surface area contributed by atoms with E-state index in [1.54, 1.807) is 38.5 Å². The molecule has 120 valence electrons. The highest BCUT2D eigenvalue weighted by molar-refractivity contribution is 5.03. The number of rotatable bonds is 4. The second-order valence-electron chi connectivity index (χ2n) is 9.18. The van der Waals surface area contributed by atoms with Gasteiger partial charge in [0.25, 0.3) is 0 Å². The first-order chi connectivity index (χ1) is 10.2. The molecule has 2 atom stereocenters. The topological polar surface area (TPSA) is 29.3 Å². The van der Waals surface area contributed by atoms with E-state index in [0.29, 0.717) is 5.41 Å². The molecule has 0 aromatic carbocycles. The molecule has 5 aliphatic carbocycles. The van der Waals surface area contributed by atoms with Crippen molar-refractivity contribution in [3.8, 4) is 0 Å². The molecule has 2 nitrogen and oxygen atoms in total. The molecule has 2 heteroatoms. The average Bonchev–Trinajstić information content (AvgIpc) is 2.45. The minimum absolute atomic E-state index is 0.695. The molecule has 0 heterocycles. The molecule has 21 heavy (non-hydrogen) atoms. The van der Waals surface area contributed by atoms with Crippen molar-refractivity contribution < 1.29 is 0 Å². The molecular weight excluding hydrogens is 256 g/mol. The van der Waals surface area contributed by atoms with E-state index in [9.17, 15) is 0 Å². The third-order valence-corrected chi connectivity index (χ3v) is 7.49. The van der Waals surface area contributed by atoms with Crippen LogP contribution in [0.25, 0.3) is 0 Å². The summed E-state index contributed by atoms with van der Waals surface area (Å²) in [4.78, 5) is 2.75. The molecule has 0 amide bonds. The predicted octanol–water partition coefficient (Wildman–Crippen LogP) is 3.65. The summed E-state index contributed by atoms with van der Waals surface area (Å²) < 4.78 is 0. The maximum absolute atomic E-state index is 6.07. The van der Waals surface area contributed by atoms with Crippen molar-refractivity contribution in [1.82, 2.24) is 4.90 Å². The Hall–Kier alpha value is -0.0800. The van der Waals surface area contributed by atoms with E-state index in [2.05, 4.69) is 11.9 Å². The molecular formula is C19H34N2. The molecule has 0 spiro atoms. The molecule has 5 rings (SSSR count). The van der Waals surface area contributed by atoms with Gasteiger partial charge in [0.1, 0.15) is 0 Å². The predicted molar refractivity (Wildman–Crippen MR) is 88.0 cm³/mol. The highest BCUT2D eigenvalue weighted by Crippen LogP contribution is 2.60. The highest BCUT2D eigenvalue weighted by atomic mass is 15.1. The zero-order chi connectivity index (χ0) is 14.4. The van der Waals surface area contributed by atoms with Crippen LogP contribution in [0, 0.1) is 29.1 Å². The summed E-state index contributed by atoms with van der Waals surface area (Å²) in [6.07, 6.45) is 14.9. The van der Waals surface area contributed by atoms with Gasteiger partial charge in [-0.3, -0.25) is 0 Å². The van der Waals surface area contributed by atoms with Gasteiger partial charge in [-0.15, -0.1) is 0 Å². The lowest BCUT2D eigenvalue weighted by molar-refractivity contribution is -0.0752. The maximum atomic E-state index is 6.07. The second kappa shape index (κ2) is 5.53. The summed E-state index contributed by atoms with van der Waals surface area (Å²) in [5.41, 5.74) is 6.76. The summed E-state index contributed by atoms with van der Waals surface area (Å²) in [6.45, 7) is 2.27. The van der Waals surface area contributed by atoms with Gasteiger partial charge in [-0.2, -0.15) is 0 Å². The van der Waals surface area contributed by atoms with Crippen molar-refractivity contribution in [3.63, 3.8) is 0 Å². The summed E-state index contributed by atoms with van der Waals surface area (Å²) >= 11 is 0. The summed E-state index contributed by atoms with van der Waals surface area (Å²) in [5.74, 6) is 4.02. The molecule has 0 aromatic heterocycles. The van der Waals surface area contributed by atoms with Gasteiger partial charge >= 0.3 is 0 Å². The van der Waals surface area contributed by atoms with Crippen LogP contribution >= 0.6 is 0 Å². The van der Waals surface area contributed by atoms with Crippen molar-refractivity contribution in [2.45, 2.75) is 70.3 Å². The lowest BCUT2D eigenvalue weighted by atomic mass is 9.49. The summed E-state index contributed by atoms with van der Waals surface area (Å²) in [7, 11) is 2.41. The first-order valence-electron chi connectivity index (χ1n) is 9.58. The fraction of sp³-hybridized carbons (Fsp3) is 1.00. The largest absolute Gasteiger partial charge is 0.330 e. The van der Waals surface area contributed by atoms with E-state index in [1.807, 2.05) is 0 Å². The monoisotopic (exact) mass is 290 g/mol. The molecule has 0 radical (unpaired) electrons. The molecule has 5 fully saturated rings. The van der Waals surface area contributed by atoms with Gasteiger partial charge in [0.05, 0.1) is 0 Å². The number of hydrogen-bond acceptors (Lipinski definition) is 2. The van der Waals surface area contributed by atoms with E-state index in [1.165, 1.54) is 32.2 Å². The van der Waals surface area contributed by atoms with Crippen LogP contribution in [0.1, 0.15) is 64.2 Å². The third kappa shape index (κ3) is 2.67. The molecule has 2 N–H and O–H groups in total. The van der Waals surface area contributed by atoms with Crippen LogP contribution in [-0.4, -0.2) is 31.1 Å². The molecule has 0 saturated heterocycles. The summed E-state index contributed by atoms with van der Waals surface area (Å²) in [6, 6.07) is 0.775. The number of nitrogens with zero attached hydrogens (tertiary/aromatic N) is 1. The van der Waals surface area contributed by atoms with Gasteiger partial charge in [-0.1, -0.05) is 12.8 Å². The van der Waals surface area contributed by atoms with E-state index in [0.717, 1.165) is 36.3 Å². The van der Waals surface area contributed by atoms with E-state index >= 15 is 0 Å². The zero-order valence-electron chi connectivity index (χ0n) is 13.9.